The highest BCUT2D eigenvalue weighted by Crippen LogP contribution is 2.15. The van der Waals surface area contributed by atoms with E-state index in [0.717, 1.165) is 5.56 Å². The van der Waals surface area contributed by atoms with Crippen LogP contribution < -0.4 is 10.6 Å². The van der Waals surface area contributed by atoms with Crippen molar-refractivity contribution >= 4 is 16.2 Å². The number of nitrogens with one attached hydrogen (secondary N) is 2. The monoisotopic (exact) mass is 340 g/mol. The maximum atomic E-state index is 12.0. The lowest BCUT2D eigenvalue weighted by atomic mass is 10.1. The van der Waals surface area contributed by atoms with Crippen LogP contribution in [0.4, 0.5) is 4.79 Å². The molecule has 7 nitrogen and oxygen atoms in total. The Bertz CT molecular complexity index is 611. The predicted molar refractivity (Wildman–Crippen MR) is 89.0 cm³/mol. The predicted octanol–water partition coefficient (Wildman–Crippen LogP) is 0.757. The minimum absolute atomic E-state index is 0.000569. The largest absolute Gasteiger partial charge is 0.335 e. The van der Waals surface area contributed by atoms with Gasteiger partial charge in [-0.3, -0.25) is 0 Å². The first-order valence-electron chi connectivity index (χ1n) is 7.65. The zero-order valence-corrected chi connectivity index (χ0v) is 14.3. The van der Waals surface area contributed by atoms with Crippen molar-refractivity contribution in [1.29, 1.82) is 0 Å². The fraction of sp³-hybridized carbons (Fsp3) is 0.533. The minimum atomic E-state index is -3.36. The lowest BCUT2D eigenvalue weighted by molar-refractivity contribution is 0.226. The van der Waals surface area contributed by atoms with Crippen molar-refractivity contribution in [2.75, 3.05) is 27.2 Å². The number of carbonyl (C=O) groups excluding carboxylic acids is 1. The zero-order valence-electron chi connectivity index (χ0n) is 13.5. The molecule has 0 unspecified atom stereocenters. The highest BCUT2D eigenvalue weighted by molar-refractivity contribution is 7.86. The molecule has 2 rings (SSSR count). The van der Waals surface area contributed by atoms with Gasteiger partial charge in [0.2, 0.25) is 0 Å². The van der Waals surface area contributed by atoms with Gasteiger partial charge in [0.25, 0.3) is 10.2 Å². The number of benzene rings is 1. The zero-order chi connectivity index (χ0) is 16.9. The highest BCUT2D eigenvalue weighted by atomic mass is 32.2. The summed E-state index contributed by atoms with van der Waals surface area (Å²) in [5.74, 6) is 0. The second-order valence-electron chi connectivity index (χ2n) is 5.78. The van der Waals surface area contributed by atoms with Gasteiger partial charge in [0.05, 0.1) is 0 Å². The van der Waals surface area contributed by atoms with Crippen LogP contribution in [0.1, 0.15) is 18.4 Å². The molecule has 0 saturated carbocycles. The number of hydrogen-bond acceptors (Lipinski definition) is 3. The molecule has 0 bridgehead atoms. The van der Waals surface area contributed by atoms with Crippen molar-refractivity contribution in [2.24, 2.45) is 0 Å². The van der Waals surface area contributed by atoms with Crippen LogP contribution in [0.15, 0.2) is 30.3 Å². The Morgan fingerprint density at radius 2 is 1.83 bits per heavy atom. The third-order valence-electron chi connectivity index (χ3n) is 3.87. The lowest BCUT2D eigenvalue weighted by Crippen LogP contribution is -2.50. The molecule has 1 fully saturated rings. The summed E-state index contributed by atoms with van der Waals surface area (Å²) in [5.41, 5.74) is 1.04. The number of rotatable bonds is 5. The first kappa shape index (κ1) is 17.7. The van der Waals surface area contributed by atoms with Crippen LogP contribution in [0.2, 0.25) is 0 Å². The van der Waals surface area contributed by atoms with Crippen LogP contribution in [0, 0.1) is 0 Å². The molecule has 128 valence electrons. The molecule has 8 heteroatoms. The number of amides is 2. The SMILES string of the molecule is CN(C)S(=O)(=O)N1CCC(NC(=O)NCc2ccccc2)CC1. The number of hydrogen-bond donors (Lipinski definition) is 2. The summed E-state index contributed by atoms with van der Waals surface area (Å²) in [6.45, 7) is 1.31. The Balaban J connectivity index is 1.75. The molecule has 1 aliphatic heterocycles. The molecule has 1 aliphatic rings. The fourth-order valence-electron chi connectivity index (χ4n) is 2.48. The summed E-state index contributed by atoms with van der Waals surface area (Å²) in [7, 11) is -0.311. The van der Waals surface area contributed by atoms with E-state index in [1.807, 2.05) is 30.3 Å². The van der Waals surface area contributed by atoms with Gasteiger partial charge in [-0.25, -0.2) is 4.79 Å². The Morgan fingerprint density at radius 1 is 1.22 bits per heavy atom. The van der Waals surface area contributed by atoms with E-state index >= 15 is 0 Å². The molecule has 1 saturated heterocycles. The van der Waals surface area contributed by atoms with Gasteiger partial charge in [0.15, 0.2) is 0 Å². The molecule has 2 N–H and O–H groups in total. The van der Waals surface area contributed by atoms with Gasteiger partial charge in [-0.1, -0.05) is 30.3 Å². The van der Waals surface area contributed by atoms with E-state index in [1.165, 1.54) is 22.7 Å². The molecule has 2 amide bonds. The Hall–Kier alpha value is -1.64. The molecule has 1 aromatic carbocycles. The maximum Gasteiger partial charge on any atom is 0.315 e. The number of piperidine rings is 1. The van der Waals surface area contributed by atoms with Crippen molar-refractivity contribution in [3.8, 4) is 0 Å². The van der Waals surface area contributed by atoms with Crippen LogP contribution in [0.25, 0.3) is 0 Å². The topological polar surface area (TPSA) is 81.8 Å². The van der Waals surface area contributed by atoms with Crippen LogP contribution in [0.5, 0.6) is 0 Å². The quantitative estimate of drug-likeness (QED) is 0.830. The van der Waals surface area contributed by atoms with E-state index in [4.69, 9.17) is 0 Å². The highest BCUT2D eigenvalue weighted by Gasteiger charge is 2.29. The van der Waals surface area contributed by atoms with E-state index in [-0.39, 0.29) is 12.1 Å². The van der Waals surface area contributed by atoms with Crippen molar-refractivity contribution in [2.45, 2.75) is 25.4 Å². The smallest absolute Gasteiger partial charge is 0.315 e. The van der Waals surface area contributed by atoms with Crippen molar-refractivity contribution < 1.29 is 13.2 Å². The van der Waals surface area contributed by atoms with Crippen molar-refractivity contribution in [1.82, 2.24) is 19.2 Å². The van der Waals surface area contributed by atoms with E-state index in [0.29, 0.717) is 32.5 Å². The first-order valence-corrected chi connectivity index (χ1v) is 9.05. The van der Waals surface area contributed by atoms with Gasteiger partial charge in [-0.05, 0) is 18.4 Å². The van der Waals surface area contributed by atoms with Crippen molar-refractivity contribution in [3.63, 3.8) is 0 Å². The maximum absolute atomic E-state index is 12.0. The minimum Gasteiger partial charge on any atom is -0.335 e. The summed E-state index contributed by atoms with van der Waals surface area (Å²) in [4.78, 5) is 11.9. The molecular formula is C15H24N4O3S. The Labute approximate surface area is 137 Å². The van der Waals surface area contributed by atoms with Crippen LogP contribution in [0.3, 0.4) is 0 Å². The molecule has 23 heavy (non-hydrogen) atoms. The molecule has 0 radical (unpaired) electrons. The van der Waals surface area contributed by atoms with E-state index < -0.39 is 10.2 Å². The average molecular weight is 340 g/mol. The standard InChI is InChI=1S/C15H24N4O3S/c1-18(2)23(21,22)19-10-8-14(9-11-19)17-15(20)16-12-13-6-4-3-5-7-13/h3-7,14H,8-12H2,1-2H3,(H2,16,17,20). The van der Waals surface area contributed by atoms with Gasteiger partial charge >= 0.3 is 6.03 Å². The van der Waals surface area contributed by atoms with Gasteiger partial charge in [-0.2, -0.15) is 17.0 Å². The van der Waals surface area contributed by atoms with Gasteiger partial charge in [-0.15, -0.1) is 0 Å². The van der Waals surface area contributed by atoms with Crippen LogP contribution in [-0.4, -0.2) is 56.3 Å². The number of nitrogens with zero attached hydrogens (tertiary/aromatic N) is 2. The lowest BCUT2D eigenvalue weighted by Gasteiger charge is -2.33. The molecule has 0 atom stereocenters. The van der Waals surface area contributed by atoms with Gasteiger partial charge < -0.3 is 10.6 Å². The van der Waals surface area contributed by atoms with Crippen molar-refractivity contribution in [3.05, 3.63) is 35.9 Å². The molecule has 1 heterocycles. The Kier molecular flexibility index (Phi) is 5.97. The van der Waals surface area contributed by atoms with Gasteiger partial charge in [0.1, 0.15) is 0 Å². The molecular weight excluding hydrogens is 316 g/mol. The van der Waals surface area contributed by atoms with Crippen LogP contribution >= 0.6 is 0 Å². The second kappa shape index (κ2) is 7.76. The fourth-order valence-corrected chi connectivity index (χ4v) is 3.61. The molecule has 0 aliphatic carbocycles. The molecule has 0 spiro atoms. The first-order chi connectivity index (χ1) is 10.9. The summed E-state index contributed by atoms with van der Waals surface area (Å²) >= 11 is 0. The number of carbonyl (C=O) groups is 1. The second-order valence-corrected chi connectivity index (χ2v) is 7.92. The molecule has 0 aromatic heterocycles. The van der Waals surface area contributed by atoms with E-state index in [9.17, 15) is 13.2 Å². The van der Waals surface area contributed by atoms with Crippen LogP contribution in [-0.2, 0) is 16.8 Å². The van der Waals surface area contributed by atoms with E-state index in [1.54, 1.807) is 0 Å². The summed E-state index contributed by atoms with van der Waals surface area (Å²) < 4.78 is 26.7. The summed E-state index contributed by atoms with van der Waals surface area (Å²) in [6.07, 6.45) is 1.23. The summed E-state index contributed by atoms with van der Waals surface area (Å²) in [5, 5.41) is 5.72. The number of urea groups is 1. The third kappa shape index (κ3) is 4.92. The third-order valence-corrected chi connectivity index (χ3v) is 5.81. The molecule has 1 aromatic rings. The normalized spacial score (nSPS) is 17.2. The Morgan fingerprint density at radius 3 is 2.39 bits per heavy atom. The van der Waals surface area contributed by atoms with E-state index in [2.05, 4.69) is 10.6 Å². The average Bonchev–Trinajstić information content (AvgIpc) is 2.54. The summed E-state index contributed by atoms with van der Waals surface area (Å²) in [6, 6.07) is 9.46. The van der Waals surface area contributed by atoms with Gasteiger partial charge in [0, 0.05) is 39.8 Å².